The van der Waals surface area contributed by atoms with Crippen LogP contribution in [0.15, 0.2) is 110 Å². The SMILES string of the molecule is C[C@@]1(O)C=C(c2cccnc2F)CCC1.C[C@@]1(O)C=C(c2cccnc2F)CCC1.C[C@@]1(O)CCC[C@H](c2cccnc2F)C1.C[C@]1(O)CCC[C@H](c2cccnc2F)C1.O=C1C=C(c2cccnc2F)CCC1.[CH3-].[Cl-].[Mg+2]. The van der Waals surface area contributed by atoms with Gasteiger partial charge in [-0.1, -0.05) is 12.1 Å². The minimum atomic E-state index is -0.810. The monoisotopic (exact) mass is 1100 g/mol. The van der Waals surface area contributed by atoms with E-state index in [1.165, 1.54) is 37.1 Å². The zero-order valence-corrected chi connectivity index (χ0v) is 47.1. The van der Waals surface area contributed by atoms with Crippen molar-refractivity contribution in [2.45, 2.75) is 171 Å². The van der Waals surface area contributed by atoms with Gasteiger partial charge < -0.3 is 40.3 Å². The molecule has 77 heavy (non-hydrogen) atoms. The molecule has 0 bridgehead atoms. The van der Waals surface area contributed by atoms with Crippen LogP contribution in [0.2, 0.25) is 0 Å². The maximum absolute atomic E-state index is 13.4. The van der Waals surface area contributed by atoms with E-state index in [-0.39, 0.29) is 72.4 Å². The van der Waals surface area contributed by atoms with E-state index < -0.39 is 40.2 Å². The van der Waals surface area contributed by atoms with Crippen LogP contribution in [0.5, 0.6) is 0 Å². The molecule has 5 aromatic rings. The number of hydrogen-bond donors (Lipinski definition) is 4. The van der Waals surface area contributed by atoms with Crippen molar-refractivity contribution >= 4 is 45.6 Å². The average Bonchev–Trinajstić information content (AvgIpc) is 3.34. The molecule has 0 amide bonds. The summed E-state index contributed by atoms with van der Waals surface area (Å²) in [5, 5.41) is 39.7. The summed E-state index contributed by atoms with van der Waals surface area (Å²) in [5.74, 6) is -1.88. The molecule has 0 aromatic carbocycles. The third-order valence-corrected chi connectivity index (χ3v) is 14.1. The predicted octanol–water partition coefficient (Wildman–Crippen LogP) is 9.77. The maximum atomic E-state index is 13.4. The van der Waals surface area contributed by atoms with Crippen LogP contribution < -0.4 is 12.4 Å². The van der Waals surface area contributed by atoms with E-state index in [1.807, 2.05) is 13.8 Å². The Morgan fingerprint density at radius 1 is 0.468 bits per heavy atom. The van der Waals surface area contributed by atoms with Crippen LogP contribution in [-0.2, 0) is 4.79 Å². The number of aromatic nitrogens is 5. The molecule has 5 aliphatic rings. The van der Waals surface area contributed by atoms with Crippen molar-refractivity contribution in [3.63, 3.8) is 0 Å². The number of nitrogens with zero attached hydrogens (tertiary/aromatic N) is 5. The number of halogens is 6. The maximum Gasteiger partial charge on any atom is 2.00 e. The third kappa shape index (κ3) is 20.7. The quantitative estimate of drug-likeness (QED) is 0.0577. The van der Waals surface area contributed by atoms with Gasteiger partial charge in [-0.25, -0.2) is 24.9 Å². The zero-order valence-electron chi connectivity index (χ0n) is 45.0. The molecular formula is C60H73ClF5MgN5O5. The van der Waals surface area contributed by atoms with Crippen LogP contribution in [0.25, 0.3) is 16.7 Å². The Bertz CT molecular complexity index is 2630. The Morgan fingerprint density at radius 2 is 0.805 bits per heavy atom. The van der Waals surface area contributed by atoms with Gasteiger partial charge in [-0.3, -0.25) is 4.79 Å². The number of carbonyl (C=O) groups is 1. The van der Waals surface area contributed by atoms with Crippen LogP contribution in [0.4, 0.5) is 22.0 Å². The Balaban J connectivity index is 0.000000251. The van der Waals surface area contributed by atoms with Gasteiger partial charge in [0.15, 0.2) is 5.78 Å². The number of hydrogen-bond acceptors (Lipinski definition) is 10. The van der Waals surface area contributed by atoms with Gasteiger partial charge in [-0.2, -0.15) is 22.0 Å². The smallest absolute Gasteiger partial charge is 1.00 e. The first-order chi connectivity index (χ1) is 35.1. The summed E-state index contributed by atoms with van der Waals surface area (Å²) in [5.41, 5.74) is 2.35. The van der Waals surface area contributed by atoms with Crippen LogP contribution in [0.3, 0.4) is 0 Å². The number of rotatable bonds is 5. The van der Waals surface area contributed by atoms with Crippen molar-refractivity contribution in [3.8, 4) is 0 Å². The fraction of sp³-hybridized carbons (Fsp3) is 0.450. The van der Waals surface area contributed by atoms with Crippen molar-refractivity contribution in [1.29, 1.82) is 0 Å². The van der Waals surface area contributed by atoms with Gasteiger partial charge in [0.2, 0.25) is 29.7 Å². The van der Waals surface area contributed by atoms with Gasteiger partial charge in [0.25, 0.3) is 0 Å². The molecule has 0 saturated heterocycles. The molecule has 5 heterocycles. The van der Waals surface area contributed by atoms with Gasteiger partial charge in [-0.15, -0.1) is 0 Å². The molecule has 5 aromatic heterocycles. The molecule has 4 N–H and O–H groups in total. The summed E-state index contributed by atoms with van der Waals surface area (Å²) in [4.78, 5) is 29.2. The first kappa shape index (κ1) is 66.5. The number of allylic oxidation sites excluding steroid dienone is 4. The molecular weight excluding hydrogens is 1030 g/mol. The third-order valence-electron chi connectivity index (χ3n) is 14.1. The first-order valence-corrected chi connectivity index (χ1v) is 25.7. The van der Waals surface area contributed by atoms with Crippen molar-refractivity contribution in [1.82, 2.24) is 24.9 Å². The minimum Gasteiger partial charge on any atom is -1.00 e. The van der Waals surface area contributed by atoms with E-state index in [0.29, 0.717) is 47.1 Å². The Labute approximate surface area is 473 Å². The predicted molar refractivity (Wildman–Crippen MR) is 289 cm³/mol. The van der Waals surface area contributed by atoms with Gasteiger partial charge in [0.1, 0.15) is 0 Å². The van der Waals surface area contributed by atoms with E-state index in [0.717, 1.165) is 107 Å². The standard InChI is InChI=1S/2C12H16FNO.2C12H14FNO.C11H10FNO.CH3.ClH.Mg/c4*1-12(15)6-2-4-9(8-12)10-5-3-7-14-11(10)13;12-11-10(5-2-6-13-11)8-3-1-4-9(14)7-8;;;/h2*3,5,7,9,15H,2,4,6,8H2,1H3;2*3,5,7-8,15H,2,4,6H2,1H3;2,5-7H,1,3-4H2;1H3;1H;/q;;;;;-1;;+2/p-1/t9-,12+;9-,12-;2*12-;;;;/m0000..../s1. The fourth-order valence-electron chi connectivity index (χ4n) is 10.5. The molecule has 0 radical (unpaired) electrons. The zero-order chi connectivity index (χ0) is 53.5. The molecule has 5 aliphatic carbocycles. The van der Waals surface area contributed by atoms with Gasteiger partial charge in [-0.05, 0) is 226 Å². The fourth-order valence-corrected chi connectivity index (χ4v) is 10.5. The van der Waals surface area contributed by atoms with Crippen LogP contribution in [-0.4, -0.2) is 96.6 Å². The van der Waals surface area contributed by atoms with Crippen LogP contribution >= 0.6 is 0 Å². The van der Waals surface area contributed by atoms with E-state index in [2.05, 4.69) is 24.9 Å². The summed E-state index contributed by atoms with van der Waals surface area (Å²) in [6.45, 7) is 7.15. The molecule has 0 spiro atoms. The summed E-state index contributed by atoms with van der Waals surface area (Å²) in [7, 11) is 0. The molecule has 10 nitrogen and oxygen atoms in total. The summed E-state index contributed by atoms with van der Waals surface area (Å²) in [6.07, 6.45) is 25.9. The Kier molecular flexibility index (Phi) is 26.3. The van der Waals surface area contributed by atoms with Crippen LogP contribution in [0, 0.1) is 37.2 Å². The molecule has 17 heteroatoms. The van der Waals surface area contributed by atoms with E-state index in [1.54, 1.807) is 86.7 Å². The largest absolute Gasteiger partial charge is 2.00 e. The van der Waals surface area contributed by atoms with Crippen molar-refractivity contribution in [2.24, 2.45) is 0 Å². The number of aliphatic hydroxyl groups is 4. The first-order valence-electron chi connectivity index (χ1n) is 25.7. The van der Waals surface area contributed by atoms with E-state index in [9.17, 15) is 47.2 Å². The Morgan fingerprint density at radius 3 is 1.13 bits per heavy atom. The minimum absolute atomic E-state index is 0. The van der Waals surface area contributed by atoms with Gasteiger partial charge in [0, 0.05) is 65.2 Å². The second kappa shape index (κ2) is 30.5. The summed E-state index contributed by atoms with van der Waals surface area (Å²) >= 11 is 0. The second-order valence-electron chi connectivity index (χ2n) is 21.1. The number of ketones is 1. The van der Waals surface area contributed by atoms with Crippen molar-refractivity contribution < 1.29 is 59.6 Å². The Hall–Kier alpha value is -4.81. The number of pyridine rings is 5. The van der Waals surface area contributed by atoms with E-state index >= 15 is 0 Å². The number of carbonyl (C=O) groups excluding carboxylic acids is 1. The second-order valence-corrected chi connectivity index (χ2v) is 21.1. The van der Waals surface area contributed by atoms with Crippen molar-refractivity contribution in [3.05, 3.63) is 175 Å². The van der Waals surface area contributed by atoms with Crippen molar-refractivity contribution in [2.75, 3.05) is 0 Å². The molecule has 6 atom stereocenters. The molecule has 2 fully saturated rings. The van der Waals surface area contributed by atoms with Gasteiger partial charge in [0.05, 0.1) is 22.4 Å². The molecule has 412 valence electrons. The van der Waals surface area contributed by atoms with Gasteiger partial charge >= 0.3 is 23.1 Å². The summed E-state index contributed by atoms with van der Waals surface area (Å²) in [6, 6.07) is 17.2. The molecule has 2 saturated carbocycles. The molecule has 0 aliphatic heterocycles. The van der Waals surface area contributed by atoms with Crippen LogP contribution in [0.1, 0.15) is 177 Å². The normalized spacial score (nSPS) is 25.5. The summed E-state index contributed by atoms with van der Waals surface area (Å²) < 4.78 is 66.9. The molecule has 0 unspecified atom stereocenters. The topological polar surface area (TPSA) is 162 Å². The average molecular weight is 1100 g/mol. The van der Waals surface area contributed by atoms with E-state index in [4.69, 9.17) is 0 Å². The molecule has 10 rings (SSSR count).